The molecule has 0 aliphatic carbocycles. The standard InChI is InChI=1S/C12H15ClFNO/c1-8(2)15-7-11(16)5-9-3-4-10(14)6-12(9)13/h3-4,6,8,15H,5,7H2,1-2H3. The van der Waals surface area contributed by atoms with Gasteiger partial charge in [-0.25, -0.2) is 4.39 Å². The van der Waals surface area contributed by atoms with Gasteiger partial charge in [-0.3, -0.25) is 4.79 Å². The van der Waals surface area contributed by atoms with Gasteiger partial charge in [-0.2, -0.15) is 0 Å². The number of nitrogens with one attached hydrogen (secondary N) is 1. The van der Waals surface area contributed by atoms with Crippen LogP contribution < -0.4 is 5.32 Å². The van der Waals surface area contributed by atoms with E-state index in [1.165, 1.54) is 12.1 Å². The van der Waals surface area contributed by atoms with Gasteiger partial charge >= 0.3 is 0 Å². The summed E-state index contributed by atoms with van der Waals surface area (Å²) < 4.78 is 12.8. The van der Waals surface area contributed by atoms with Crippen LogP contribution in [0.5, 0.6) is 0 Å². The first-order valence-electron chi connectivity index (χ1n) is 5.18. The molecule has 1 N–H and O–H groups in total. The molecule has 0 heterocycles. The first-order chi connectivity index (χ1) is 7.49. The largest absolute Gasteiger partial charge is 0.308 e. The van der Waals surface area contributed by atoms with Crippen LogP contribution in [0.25, 0.3) is 0 Å². The Morgan fingerprint density at radius 2 is 2.19 bits per heavy atom. The van der Waals surface area contributed by atoms with Gasteiger partial charge in [0.1, 0.15) is 5.82 Å². The molecule has 0 spiro atoms. The molecule has 0 unspecified atom stereocenters. The van der Waals surface area contributed by atoms with E-state index in [2.05, 4.69) is 5.32 Å². The van der Waals surface area contributed by atoms with E-state index in [9.17, 15) is 9.18 Å². The normalized spacial score (nSPS) is 10.8. The fourth-order valence-electron chi connectivity index (χ4n) is 1.26. The van der Waals surface area contributed by atoms with Crippen LogP contribution in [-0.4, -0.2) is 18.4 Å². The molecule has 1 aromatic rings. The number of hydrogen-bond donors (Lipinski definition) is 1. The molecular formula is C12H15ClFNO. The number of Topliss-reactive ketones (excluding diaryl/α,β-unsaturated/α-hetero) is 1. The number of carbonyl (C=O) groups is 1. The average Bonchev–Trinajstić information content (AvgIpc) is 2.19. The molecule has 0 saturated carbocycles. The molecule has 0 aliphatic heterocycles. The van der Waals surface area contributed by atoms with Crippen LogP contribution >= 0.6 is 11.6 Å². The molecule has 0 fully saturated rings. The Labute approximate surface area is 99.8 Å². The number of rotatable bonds is 5. The highest BCUT2D eigenvalue weighted by atomic mass is 35.5. The lowest BCUT2D eigenvalue weighted by atomic mass is 10.1. The van der Waals surface area contributed by atoms with Gasteiger partial charge in [0.05, 0.1) is 6.54 Å². The molecule has 16 heavy (non-hydrogen) atoms. The van der Waals surface area contributed by atoms with E-state index in [-0.39, 0.29) is 24.1 Å². The van der Waals surface area contributed by atoms with Crippen LogP contribution in [0.4, 0.5) is 4.39 Å². The zero-order valence-electron chi connectivity index (χ0n) is 9.39. The van der Waals surface area contributed by atoms with E-state index in [0.717, 1.165) is 0 Å². The predicted octanol–water partition coefficient (Wildman–Crippen LogP) is 2.59. The summed E-state index contributed by atoms with van der Waals surface area (Å²) in [6.45, 7) is 4.25. The van der Waals surface area contributed by atoms with Crippen molar-refractivity contribution in [3.63, 3.8) is 0 Å². The third kappa shape index (κ3) is 4.29. The van der Waals surface area contributed by atoms with Gasteiger partial charge < -0.3 is 5.32 Å². The van der Waals surface area contributed by atoms with Gasteiger partial charge in [-0.05, 0) is 17.7 Å². The van der Waals surface area contributed by atoms with Crippen LogP contribution in [0, 0.1) is 5.82 Å². The summed E-state index contributed by atoms with van der Waals surface area (Å²) in [5.41, 5.74) is 0.665. The van der Waals surface area contributed by atoms with E-state index in [4.69, 9.17) is 11.6 Å². The van der Waals surface area contributed by atoms with Crippen molar-refractivity contribution in [2.45, 2.75) is 26.3 Å². The Kier molecular flexibility index (Phi) is 4.90. The van der Waals surface area contributed by atoms with Crippen LogP contribution in [-0.2, 0) is 11.2 Å². The molecule has 0 amide bonds. The number of hydrogen-bond acceptors (Lipinski definition) is 2. The maximum absolute atomic E-state index is 12.8. The summed E-state index contributed by atoms with van der Waals surface area (Å²) in [5, 5.41) is 3.33. The monoisotopic (exact) mass is 243 g/mol. The predicted molar refractivity (Wildman–Crippen MR) is 63.3 cm³/mol. The topological polar surface area (TPSA) is 29.1 Å². The third-order valence-electron chi connectivity index (χ3n) is 2.11. The van der Waals surface area contributed by atoms with Crippen molar-refractivity contribution >= 4 is 17.4 Å². The van der Waals surface area contributed by atoms with Crippen LogP contribution in [0.3, 0.4) is 0 Å². The molecule has 2 nitrogen and oxygen atoms in total. The summed E-state index contributed by atoms with van der Waals surface area (Å²) in [6.07, 6.45) is 0.235. The number of benzene rings is 1. The molecule has 0 atom stereocenters. The smallest absolute Gasteiger partial charge is 0.151 e. The Morgan fingerprint density at radius 3 is 2.75 bits per heavy atom. The van der Waals surface area contributed by atoms with Crippen molar-refractivity contribution in [1.82, 2.24) is 5.32 Å². The zero-order valence-corrected chi connectivity index (χ0v) is 10.1. The molecule has 0 aromatic heterocycles. The van der Waals surface area contributed by atoms with Gasteiger partial charge in [0.2, 0.25) is 0 Å². The molecule has 1 aromatic carbocycles. The minimum atomic E-state index is -0.387. The highest BCUT2D eigenvalue weighted by molar-refractivity contribution is 6.31. The Hall–Kier alpha value is -0.930. The average molecular weight is 244 g/mol. The highest BCUT2D eigenvalue weighted by Crippen LogP contribution is 2.17. The quantitative estimate of drug-likeness (QED) is 0.861. The van der Waals surface area contributed by atoms with E-state index in [1.54, 1.807) is 6.07 Å². The summed E-state index contributed by atoms with van der Waals surface area (Å²) in [7, 11) is 0. The summed E-state index contributed by atoms with van der Waals surface area (Å²) >= 11 is 5.82. The van der Waals surface area contributed by atoms with E-state index >= 15 is 0 Å². The Morgan fingerprint density at radius 1 is 1.50 bits per heavy atom. The second kappa shape index (κ2) is 5.97. The van der Waals surface area contributed by atoms with E-state index < -0.39 is 0 Å². The van der Waals surface area contributed by atoms with Crippen LogP contribution in [0.1, 0.15) is 19.4 Å². The molecule has 0 aliphatic rings. The highest BCUT2D eigenvalue weighted by Gasteiger charge is 2.08. The second-order valence-corrected chi connectivity index (χ2v) is 4.39. The van der Waals surface area contributed by atoms with Crippen molar-refractivity contribution in [3.05, 3.63) is 34.6 Å². The van der Waals surface area contributed by atoms with Crippen molar-refractivity contribution < 1.29 is 9.18 Å². The van der Waals surface area contributed by atoms with E-state index in [0.29, 0.717) is 17.1 Å². The van der Waals surface area contributed by atoms with Gasteiger partial charge in [0.15, 0.2) is 5.78 Å². The van der Waals surface area contributed by atoms with Gasteiger partial charge in [0, 0.05) is 17.5 Å². The summed E-state index contributed by atoms with van der Waals surface area (Å²) in [6, 6.07) is 4.35. The van der Waals surface area contributed by atoms with E-state index in [1.807, 2.05) is 13.8 Å². The number of halogens is 2. The molecule has 1 rings (SSSR count). The lowest BCUT2D eigenvalue weighted by molar-refractivity contribution is -0.117. The van der Waals surface area contributed by atoms with Crippen LogP contribution in [0.15, 0.2) is 18.2 Å². The summed E-state index contributed by atoms with van der Waals surface area (Å²) in [5.74, 6) is -0.344. The van der Waals surface area contributed by atoms with Gasteiger partial charge in [-0.1, -0.05) is 31.5 Å². The second-order valence-electron chi connectivity index (χ2n) is 3.99. The molecule has 88 valence electrons. The van der Waals surface area contributed by atoms with Crippen LogP contribution in [0.2, 0.25) is 5.02 Å². The maximum Gasteiger partial charge on any atom is 0.151 e. The van der Waals surface area contributed by atoms with Crippen molar-refractivity contribution in [2.75, 3.05) is 6.54 Å². The Bertz CT molecular complexity index is 379. The number of carbonyl (C=O) groups excluding carboxylic acids is 1. The maximum atomic E-state index is 12.8. The molecule has 0 saturated heterocycles. The van der Waals surface area contributed by atoms with Gasteiger partial charge in [0.25, 0.3) is 0 Å². The zero-order chi connectivity index (χ0) is 12.1. The fraction of sp³-hybridized carbons (Fsp3) is 0.417. The lowest BCUT2D eigenvalue weighted by Crippen LogP contribution is -2.30. The minimum absolute atomic E-state index is 0.0437. The fourth-order valence-corrected chi connectivity index (χ4v) is 1.49. The Balaban J connectivity index is 2.56. The molecular weight excluding hydrogens is 229 g/mol. The molecule has 0 radical (unpaired) electrons. The first-order valence-corrected chi connectivity index (χ1v) is 5.56. The first kappa shape index (κ1) is 13.1. The molecule has 4 heteroatoms. The lowest BCUT2D eigenvalue weighted by Gasteiger charge is -2.07. The van der Waals surface area contributed by atoms with Crippen molar-refractivity contribution in [1.29, 1.82) is 0 Å². The van der Waals surface area contributed by atoms with Crippen molar-refractivity contribution in [3.8, 4) is 0 Å². The van der Waals surface area contributed by atoms with Gasteiger partial charge in [-0.15, -0.1) is 0 Å². The van der Waals surface area contributed by atoms with Crippen molar-refractivity contribution in [2.24, 2.45) is 0 Å². The minimum Gasteiger partial charge on any atom is -0.308 e. The number of ketones is 1. The summed E-state index contributed by atoms with van der Waals surface area (Å²) in [4.78, 5) is 11.5. The third-order valence-corrected chi connectivity index (χ3v) is 2.46. The SMILES string of the molecule is CC(C)NCC(=O)Cc1ccc(F)cc1Cl. The molecule has 0 bridgehead atoms.